The standard InChI is InChI=1S/C9H17N3O2/c1-2-7(4-10)12-9(14)6-3-8(13)11-5-6/h6-7H,2-5,10H2,1H3,(H,11,13)(H,12,14). The van der Waals surface area contributed by atoms with Crippen molar-refractivity contribution in [2.45, 2.75) is 25.8 Å². The summed E-state index contributed by atoms with van der Waals surface area (Å²) in [6.07, 6.45) is 1.11. The molecule has 0 bridgehead atoms. The van der Waals surface area contributed by atoms with Crippen LogP contribution in [0.25, 0.3) is 0 Å². The molecular formula is C9H17N3O2. The smallest absolute Gasteiger partial charge is 0.225 e. The van der Waals surface area contributed by atoms with Crippen LogP contribution in [-0.2, 0) is 9.59 Å². The third kappa shape index (κ3) is 2.70. The van der Waals surface area contributed by atoms with Gasteiger partial charge in [0.25, 0.3) is 0 Å². The molecular weight excluding hydrogens is 182 g/mol. The average molecular weight is 199 g/mol. The first-order chi connectivity index (χ1) is 6.67. The Morgan fingerprint density at radius 2 is 2.50 bits per heavy atom. The van der Waals surface area contributed by atoms with Crippen LogP contribution in [0.1, 0.15) is 19.8 Å². The van der Waals surface area contributed by atoms with Crippen LogP contribution in [0.3, 0.4) is 0 Å². The molecule has 14 heavy (non-hydrogen) atoms. The third-order valence-corrected chi connectivity index (χ3v) is 2.47. The van der Waals surface area contributed by atoms with Gasteiger partial charge < -0.3 is 16.4 Å². The molecule has 1 rings (SSSR count). The fraction of sp³-hybridized carbons (Fsp3) is 0.778. The van der Waals surface area contributed by atoms with Crippen molar-refractivity contribution in [2.24, 2.45) is 11.7 Å². The number of hydrogen-bond acceptors (Lipinski definition) is 3. The quantitative estimate of drug-likeness (QED) is 0.541. The zero-order valence-electron chi connectivity index (χ0n) is 8.38. The average Bonchev–Trinajstić information content (AvgIpc) is 2.61. The summed E-state index contributed by atoms with van der Waals surface area (Å²) in [5, 5.41) is 5.45. The van der Waals surface area contributed by atoms with Gasteiger partial charge in [-0.25, -0.2) is 0 Å². The number of nitrogens with two attached hydrogens (primary N) is 1. The van der Waals surface area contributed by atoms with E-state index in [1.165, 1.54) is 0 Å². The Hall–Kier alpha value is -1.10. The summed E-state index contributed by atoms with van der Waals surface area (Å²) in [4.78, 5) is 22.4. The Bertz CT molecular complexity index is 226. The van der Waals surface area contributed by atoms with Crippen molar-refractivity contribution in [1.29, 1.82) is 0 Å². The van der Waals surface area contributed by atoms with Gasteiger partial charge in [-0.1, -0.05) is 6.92 Å². The third-order valence-electron chi connectivity index (χ3n) is 2.47. The van der Waals surface area contributed by atoms with E-state index in [-0.39, 0.29) is 23.8 Å². The normalized spacial score (nSPS) is 23.0. The maximum absolute atomic E-state index is 11.6. The molecule has 1 fully saturated rings. The van der Waals surface area contributed by atoms with Gasteiger partial charge in [-0.3, -0.25) is 9.59 Å². The lowest BCUT2D eigenvalue weighted by Crippen LogP contribution is -2.43. The summed E-state index contributed by atoms with van der Waals surface area (Å²) in [5.74, 6) is -0.338. The highest BCUT2D eigenvalue weighted by Crippen LogP contribution is 2.09. The van der Waals surface area contributed by atoms with Crippen LogP contribution in [0.15, 0.2) is 0 Å². The zero-order valence-corrected chi connectivity index (χ0v) is 8.38. The largest absolute Gasteiger partial charge is 0.355 e. The van der Waals surface area contributed by atoms with Gasteiger partial charge >= 0.3 is 0 Å². The molecule has 1 aliphatic rings. The molecule has 2 atom stereocenters. The number of hydrogen-bond donors (Lipinski definition) is 3. The van der Waals surface area contributed by atoms with Crippen molar-refractivity contribution in [2.75, 3.05) is 13.1 Å². The highest BCUT2D eigenvalue weighted by Gasteiger charge is 2.28. The lowest BCUT2D eigenvalue weighted by Gasteiger charge is -2.16. The second kappa shape index (κ2) is 4.95. The van der Waals surface area contributed by atoms with E-state index in [4.69, 9.17) is 5.73 Å². The Morgan fingerprint density at radius 1 is 1.79 bits per heavy atom. The Morgan fingerprint density at radius 3 is 2.93 bits per heavy atom. The summed E-state index contributed by atoms with van der Waals surface area (Å²) in [6, 6.07) is 0.0261. The van der Waals surface area contributed by atoms with E-state index in [0.717, 1.165) is 6.42 Å². The van der Waals surface area contributed by atoms with E-state index in [2.05, 4.69) is 10.6 Å². The minimum atomic E-state index is -0.219. The van der Waals surface area contributed by atoms with Gasteiger partial charge in [0.05, 0.1) is 5.92 Å². The second-order valence-corrected chi connectivity index (χ2v) is 3.55. The van der Waals surface area contributed by atoms with Crippen LogP contribution < -0.4 is 16.4 Å². The first-order valence-corrected chi connectivity index (χ1v) is 4.94. The molecule has 1 heterocycles. The van der Waals surface area contributed by atoms with Gasteiger partial charge in [0, 0.05) is 25.6 Å². The molecule has 1 saturated heterocycles. The topological polar surface area (TPSA) is 84.2 Å². The maximum Gasteiger partial charge on any atom is 0.225 e. The van der Waals surface area contributed by atoms with Crippen LogP contribution in [0, 0.1) is 5.92 Å². The van der Waals surface area contributed by atoms with Gasteiger partial charge in [-0.15, -0.1) is 0 Å². The molecule has 5 heteroatoms. The SMILES string of the molecule is CCC(CN)NC(=O)C1CNC(=O)C1. The van der Waals surface area contributed by atoms with Gasteiger partial charge in [0.15, 0.2) is 0 Å². The highest BCUT2D eigenvalue weighted by atomic mass is 16.2. The van der Waals surface area contributed by atoms with Crippen molar-refractivity contribution < 1.29 is 9.59 Å². The van der Waals surface area contributed by atoms with Crippen molar-refractivity contribution in [1.82, 2.24) is 10.6 Å². The Balaban J connectivity index is 2.38. The van der Waals surface area contributed by atoms with Gasteiger partial charge in [0.1, 0.15) is 0 Å². The Labute approximate surface area is 83.4 Å². The van der Waals surface area contributed by atoms with Gasteiger partial charge in [-0.05, 0) is 6.42 Å². The summed E-state index contributed by atoms with van der Waals surface area (Å²) in [5.41, 5.74) is 5.46. The number of amides is 2. The van der Waals surface area contributed by atoms with E-state index in [1.54, 1.807) is 0 Å². The molecule has 0 aromatic heterocycles. The predicted octanol–water partition coefficient (Wildman–Crippen LogP) is -1.02. The fourth-order valence-corrected chi connectivity index (χ4v) is 1.44. The molecule has 0 aliphatic carbocycles. The molecule has 0 aromatic carbocycles. The molecule has 2 amide bonds. The summed E-state index contributed by atoms with van der Waals surface area (Å²) in [7, 11) is 0. The fourth-order valence-electron chi connectivity index (χ4n) is 1.44. The second-order valence-electron chi connectivity index (χ2n) is 3.55. The van der Waals surface area contributed by atoms with Gasteiger partial charge in [0.2, 0.25) is 11.8 Å². The minimum Gasteiger partial charge on any atom is -0.355 e. The summed E-state index contributed by atoms with van der Waals surface area (Å²) < 4.78 is 0. The van der Waals surface area contributed by atoms with E-state index >= 15 is 0 Å². The van der Waals surface area contributed by atoms with Crippen molar-refractivity contribution in [3.05, 3.63) is 0 Å². The number of rotatable bonds is 4. The molecule has 0 aromatic rings. The van der Waals surface area contributed by atoms with E-state index in [9.17, 15) is 9.59 Å². The lowest BCUT2D eigenvalue weighted by atomic mass is 10.1. The molecule has 0 saturated carbocycles. The lowest BCUT2D eigenvalue weighted by molar-refractivity contribution is -0.127. The summed E-state index contributed by atoms with van der Waals surface area (Å²) in [6.45, 7) is 2.86. The van der Waals surface area contributed by atoms with Crippen molar-refractivity contribution >= 4 is 11.8 Å². The van der Waals surface area contributed by atoms with Crippen LogP contribution >= 0.6 is 0 Å². The van der Waals surface area contributed by atoms with E-state index < -0.39 is 0 Å². The molecule has 2 unspecified atom stereocenters. The zero-order chi connectivity index (χ0) is 10.6. The molecule has 0 spiro atoms. The number of nitrogens with one attached hydrogen (secondary N) is 2. The molecule has 1 aliphatic heterocycles. The first-order valence-electron chi connectivity index (χ1n) is 4.94. The van der Waals surface area contributed by atoms with Crippen LogP contribution in [0.2, 0.25) is 0 Å². The monoisotopic (exact) mass is 199 g/mol. The van der Waals surface area contributed by atoms with Crippen molar-refractivity contribution in [3.8, 4) is 0 Å². The Kier molecular flexibility index (Phi) is 3.88. The molecule has 5 nitrogen and oxygen atoms in total. The van der Waals surface area contributed by atoms with Crippen molar-refractivity contribution in [3.63, 3.8) is 0 Å². The first kappa shape index (κ1) is 11.0. The van der Waals surface area contributed by atoms with Gasteiger partial charge in [-0.2, -0.15) is 0 Å². The van der Waals surface area contributed by atoms with E-state index in [0.29, 0.717) is 19.5 Å². The van der Waals surface area contributed by atoms with Crippen LogP contribution in [-0.4, -0.2) is 30.9 Å². The summed E-state index contributed by atoms with van der Waals surface area (Å²) >= 11 is 0. The minimum absolute atomic E-state index is 0.0261. The van der Waals surface area contributed by atoms with Crippen LogP contribution in [0.5, 0.6) is 0 Å². The van der Waals surface area contributed by atoms with Crippen LogP contribution in [0.4, 0.5) is 0 Å². The number of carbonyl (C=O) groups is 2. The maximum atomic E-state index is 11.6. The highest BCUT2D eigenvalue weighted by molar-refractivity contribution is 5.89. The number of carbonyl (C=O) groups excluding carboxylic acids is 2. The predicted molar refractivity (Wildman–Crippen MR) is 52.4 cm³/mol. The molecule has 80 valence electrons. The van der Waals surface area contributed by atoms with E-state index in [1.807, 2.05) is 6.92 Å². The molecule has 4 N–H and O–H groups in total. The molecule has 0 radical (unpaired) electrons.